The van der Waals surface area contributed by atoms with Gasteiger partial charge >= 0.3 is 0 Å². The van der Waals surface area contributed by atoms with Gasteiger partial charge in [-0.25, -0.2) is 0 Å². The molecule has 27 heavy (non-hydrogen) atoms. The van der Waals surface area contributed by atoms with Crippen LogP contribution in [-0.2, 0) is 9.59 Å². The van der Waals surface area contributed by atoms with Crippen molar-refractivity contribution in [2.45, 2.75) is 40.2 Å². The molecule has 1 atom stereocenters. The van der Waals surface area contributed by atoms with Crippen molar-refractivity contribution in [3.05, 3.63) is 58.7 Å². The van der Waals surface area contributed by atoms with Gasteiger partial charge in [0.05, 0.1) is 12.3 Å². The molecule has 0 aliphatic carbocycles. The number of ether oxygens (including phenoxy) is 1. The normalized spacial score (nSPS) is 15.6. The fraction of sp³-hybridized carbons (Fsp3) is 0.364. The summed E-state index contributed by atoms with van der Waals surface area (Å²) in [5.41, 5.74) is 5.12. The Morgan fingerprint density at radius 1 is 1.11 bits per heavy atom. The van der Waals surface area contributed by atoms with Gasteiger partial charge in [-0.3, -0.25) is 9.59 Å². The van der Waals surface area contributed by atoms with Crippen LogP contribution >= 0.6 is 0 Å². The number of aryl methyl sites for hydroxylation is 3. The molecule has 0 aromatic heterocycles. The summed E-state index contributed by atoms with van der Waals surface area (Å²) in [6, 6.07) is 11.4. The lowest BCUT2D eigenvalue weighted by Crippen LogP contribution is -2.37. The van der Waals surface area contributed by atoms with Crippen LogP contribution in [0.5, 0.6) is 5.75 Å². The number of anilines is 1. The number of amides is 2. The molecule has 1 N–H and O–H groups in total. The molecule has 0 bridgehead atoms. The van der Waals surface area contributed by atoms with Crippen molar-refractivity contribution in [1.29, 1.82) is 0 Å². The molecule has 2 aromatic rings. The number of nitrogens with one attached hydrogen (secondary N) is 1. The minimum Gasteiger partial charge on any atom is -0.494 e. The van der Waals surface area contributed by atoms with E-state index in [2.05, 4.69) is 11.4 Å². The third-order valence-electron chi connectivity index (χ3n) is 4.73. The van der Waals surface area contributed by atoms with Crippen LogP contribution in [0.2, 0.25) is 0 Å². The maximum absolute atomic E-state index is 12.9. The van der Waals surface area contributed by atoms with E-state index in [0.29, 0.717) is 19.6 Å². The SMILES string of the molecule is CC(=O)NC1C(=O)N(CCCOc2ccc(C)cc2)c2c(C)cc(C)cc21. The molecule has 2 aromatic carbocycles. The Bertz CT molecular complexity index is 859. The molecule has 142 valence electrons. The van der Waals surface area contributed by atoms with Crippen LogP contribution < -0.4 is 15.0 Å². The number of carbonyl (C=O) groups is 2. The predicted octanol–water partition coefficient (Wildman–Crippen LogP) is 3.60. The van der Waals surface area contributed by atoms with E-state index in [1.165, 1.54) is 12.5 Å². The zero-order valence-electron chi connectivity index (χ0n) is 16.3. The molecule has 0 saturated carbocycles. The molecule has 2 amide bonds. The van der Waals surface area contributed by atoms with Crippen LogP contribution in [0.1, 0.15) is 41.6 Å². The number of rotatable bonds is 6. The zero-order valence-corrected chi connectivity index (χ0v) is 16.3. The molecule has 1 heterocycles. The lowest BCUT2D eigenvalue weighted by molar-refractivity contribution is -0.126. The van der Waals surface area contributed by atoms with E-state index in [1.54, 1.807) is 4.90 Å². The van der Waals surface area contributed by atoms with Crippen LogP contribution in [0.25, 0.3) is 0 Å². The highest BCUT2D eigenvalue weighted by Gasteiger charge is 2.38. The number of hydrogen-bond acceptors (Lipinski definition) is 3. The maximum Gasteiger partial charge on any atom is 0.254 e. The average molecular weight is 366 g/mol. The van der Waals surface area contributed by atoms with Crippen molar-refractivity contribution in [3.63, 3.8) is 0 Å². The van der Waals surface area contributed by atoms with Crippen LogP contribution in [-0.4, -0.2) is 25.0 Å². The summed E-state index contributed by atoms with van der Waals surface area (Å²) in [7, 11) is 0. The highest BCUT2D eigenvalue weighted by atomic mass is 16.5. The number of benzene rings is 2. The van der Waals surface area contributed by atoms with E-state index < -0.39 is 6.04 Å². The number of fused-ring (bicyclic) bond motifs is 1. The minimum absolute atomic E-state index is 0.0794. The van der Waals surface area contributed by atoms with Gasteiger partial charge in [0.15, 0.2) is 0 Å². The molecule has 5 nitrogen and oxygen atoms in total. The van der Waals surface area contributed by atoms with Crippen molar-refractivity contribution >= 4 is 17.5 Å². The van der Waals surface area contributed by atoms with Crippen LogP contribution in [0, 0.1) is 20.8 Å². The second kappa shape index (κ2) is 7.82. The van der Waals surface area contributed by atoms with Gasteiger partial charge in [0, 0.05) is 19.0 Å². The highest BCUT2D eigenvalue weighted by Crippen LogP contribution is 2.39. The van der Waals surface area contributed by atoms with Crippen LogP contribution in [0.3, 0.4) is 0 Å². The van der Waals surface area contributed by atoms with E-state index in [9.17, 15) is 9.59 Å². The number of carbonyl (C=O) groups excluding carboxylic acids is 2. The number of hydrogen-bond donors (Lipinski definition) is 1. The topological polar surface area (TPSA) is 58.6 Å². The van der Waals surface area contributed by atoms with Gasteiger partial charge in [-0.15, -0.1) is 0 Å². The van der Waals surface area contributed by atoms with Gasteiger partial charge in [0.25, 0.3) is 5.91 Å². The zero-order chi connectivity index (χ0) is 19.6. The first-order valence-electron chi connectivity index (χ1n) is 9.26. The Labute approximate surface area is 160 Å². The quantitative estimate of drug-likeness (QED) is 0.795. The second-order valence-electron chi connectivity index (χ2n) is 7.16. The van der Waals surface area contributed by atoms with Gasteiger partial charge in [-0.2, -0.15) is 0 Å². The lowest BCUT2D eigenvalue weighted by atomic mass is 10.0. The summed E-state index contributed by atoms with van der Waals surface area (Å²) in [6.07, 6.45) is 0.708. The summed E-state index contributed by atoms with van der Waals surface area (Å²) in [5.74, 6) is 0.545. The Morgan fingerprint density at radius 3 is 2.48 bits per heavy atom. The molecule has 1 aliphatic heterocycles. The van der Waals surface area contributed by atoms with Crippen molar-refractivity contribution in [2.24, 2.45) is 0 Å². The Balaban J connectivity index is 1.71. The van der Waals surface area contributed by atoms with Gasteiger partial charge in [0.2, 0.25) is 5.91 Å². The first-order chi connectivity index (χ1) is 12.9. The summed E-state index contributed by atoms with van der Waals surface area (Å²) in [5, 5.41) is 2.79. The summed E-state index contributed by atoms with van der Waals surface area (Å²) >= 11 is 0. The van der Waals surface area contributed by atoms with E-state index in [-0.39, 0.29) is 11.8 Å². The summed E-state index contributed by atoms with van der Waals surface area (Å²) in [4.78, 5) is 26.3. The van der Waals surface area contributed by atoms with Gasteiger partial charge in [0.1, 0.15) is 11.8 Å². The summed E-state index contributed by atoms with van der Waals surface area (Å²) < 4.78 is 5.78. The fourth-order valence-electron chi connectivity index (χ4n) is 3.59. The Hall–Kier alpha value is -2.82. The van der Waals surface area contributed by atoms with Crippen LogP contribution in [0.4, 0.5) is 5.69 Å². The molecular formula is C22H26N2O3. The third-order valence-corrected chi connectivity index (χ3v) is 4.73. The van der Waals surface area contributed by atoms with Crippen LogP contribution in [0.15, 0.2) is 36.4 Å². The third kappa shape index (κ3) is 4.13. The first kappa shape index (κ1) is 19.0. The van der Waals surface area contributed by atoms with Crippen molar-refractivity contribution < 1.29 is 14.3 Å². The highest BCUT2D eigenvalue weighted by molar-refractivity contribution is 6.06. The largest absolute Gasteiger partial charge is 0.494 e. The smallest absolute Gasteiger partial charge is 0.254 e. The monoisotopic (exact) mass is 366 g/mol. The minimum atomic E-state index is -0.603. The van der Waals surface area contributed by atoms with Crippen molar-refractivity contribution in [2.75, 3.05) is 18.1 Å². The van der Waals surface area contributed by atoms with Crippen molar-refractivity contribution in [3.8, 4) is 5.75 Å². The van der Waals surface area contributed by atoms with E-state index >= 15 is 0 Å². The van der Waals surface area contributed by atoms with Gasteiger partial charge in [-0.1, -0.05) is 35.4 Å². The fourth-order valence-corrected chi connectivity index (χ4v) is 3.59. The molecule has 1 unspecified atom stereocenters. The van der Waals surface area contributed by atoms with Gasteiger partial charge in [-0.05, 0) is 44.9 Å². The van der Waals surface area contributed by atoms with E-state index in [1.807, 2.05) is 51.1 Å². The summed E-state index contributed by atoms with van der Waals surface area (Å²) in [6.45, 7) is 8.56. The second-order valence-corrected chi connectivity index (χ2v) is 7.16. The first-order valence-corrected chi connectivity index (χ1v) is 9.26. The molecule has 5 heteroatoms. The molecule has 0 radical (unpaired) electrons. The molecule has 0 spiro atoms. The van der Waals surface area contributed by atoms with E-state index in [4.69, 9.17) is 4.74 Å². The lowest BCUT2D eigenvalue weighted by Gasteiger charge is -2.20. The van der Waals surface area contributed by atoms with Crippen molar-refractivity contribution in [1.82, 2.24) is 5.32 Å². The molecular weight excluding hydrogens is 340 g/mol. The molecule has 0 fully saturated rings. The Morgan fingerprint density at radius 2 is 1.81 bits per heavy atom. The van der Waals surface area contributed by atoms with E-state index in [0.717, 1.165) is 28.1 Å². The standard InChI is InChI=1S/C22H26N2O3/c1-14-6-8-18(9-7-14)27-11-5-10-24-21-16(3)12-15(2)13-19(21)20(22(24)26)23-17(4)25/h6-9,12-13,20H,5,10-11H2,1-4H3,(H,23,25). The molecule has 0 saturated heterocycles. The average Bonchev–Trinajstić information content (AvgIpc) is 2.85. The Kier molecular flexibility index (Phi) is 5.49. The molecule has 1 aliphatic rings. The van der Waals surface area contributed by atoms with Gasteiger partial charge < -0.3 is 15.0 Å². The number of nitrogens with zero attached hydrogens (tertiary/aromatic N) is 1. The predicted molar refractivity (Wildman–Crippen MR) is 106 cm³/mol. The molecule has 3 rings (SSSR count). The maximum atomic E-state index is 12.9.